The number of esters is 1. The van der Waals surface area contributed by atoms with Crippen LogP contribution in [0, 0.1) is 6.92 Å². The quantitative estimate of drug-likeness (QED) is 0.839. The standard InChI is InChI=1S/C14H20N2O3S/c1-9-8-20-11(12(17)19-2)10(9)16-13(18)14(15)6-4-3-5-7-14/h8H,3-7,15H2,1-2H3,(H,16,18). The summed E-state index contributed by atoms with van der Waals surface area (Å²) in [6, 6.07) is 0. The van der Waals surface area contributed by atoms with Crippen molar-refractivity contribution >= 4 is 28.9 Å². The predicted molar refractivity (Wildman–Crippen MR) is 79.0 cm³/mol. The number of rotatable bonds is 3. The van der Waals surface area contributed by atoms with Gasteiger partial charge in [-0.25, -0.2) is 4.79 Å². The normalized spacial score (nSPS) is 17.6. The van der Waals surface area contributed by atoms with Crippen LogP contribution in [-0.2, 0) is 9.53 Å². The minimum Gasteiger partial charge on any atom is -0.465 e. The van der Waals surface area contributed by atoms with Gasteiger partial charge in [0.15, 0.2) is 0 Å². The molecule has 0 bridgehead atoms. The van der Waals surface area contributed by atoms with Crippen LogP contribution in [-0.4, -0.2) is 24.5 Å². The molecule has 0 aromatic carbocycles. The maximum Gasteiger partial charge on any atom is 0.350 e. The second-order valence-electron chi connectivity index (χ2n) is 5.29. The Balaban J connectivity index is 2.19. The van der Waals surface area contributed by atoms with E-state index in [2.05, 4.69) is 5.32 Å². The van der Waals surface area contributed by atoms with Gasteiger partial charge in [-0.2, -0.15) is 0 Å². The molecule has 1 amide bonds. The second kappa shape index (κ2) is 5.93. The van der Waals surface area contributed by atoms with Gasteiger partial charge in [-0.05, 0) is 30.7 Å². The van der Waals surface area contributed by atoms with E-state index in [1.165, 1.54) is 18.4 Å². The van der Waals surface area contributed by atoms with Crippen molar-refractivity contribution in [1.82, 2.24) is 0 Å². The van der Waals surface area contributed by atoms with E-state index in [1.807, 2.05) is 12.3 Å². The summed E-state index contributed by atoms with van der Waals surface area (Å²) in [5, 5.41) is 4.66. The number of anilines is 1. The topological polar surface area (TPSA) is 81.4 Å². The highest BCUT2D eigenvalue weighted by atomic mass is 32.1. The monoisotopic (exact) mass is 296 g/mol. The molecule has 1 aliphatic rings. The van der Waals surface area contributed by atoms with Crippen molar-refractivity contribution in [2.24, 2.45) is 5.73 Å². The minimum absolute atomic E-state index is 0.205. The highest BCUT2D eigenvalue weighted by Gasteiger charge is 2.36. The van der Waals surface area contributed by atoms with Gasteiger partial charge < -0.3 is 15.8 Å². The van der Waals surface area contributed by atoms with Crippen molar-refractivity contribution in [2.45, 2.75) is 44.6 Å². The van der Waals surface area contributed by atoms with E-state index in [1.54, 1.807) is 0 Å². The number of ether oxygens (including phenoxy) is 1. The maximum absolute atomic E-state index is 12.4. The number of thiophene rings is 1. The first-order valence-electron chi connectivity index (χ1n) is 6.74. The lowest BCUT2D eigenvalue weighted by Crippen LogP contribution is -2.52. The predicted octanol–water partition coefficient (Wildman–Crippen LogP) is 2.44. The van der Waals surface area contributed by atoms with Crippen LogP contribution < -0.4 is 11.1 Å². The number of aryl methyl sites for hydroxylation is 1. The average Bonchev–Trinajstić information content (AvgIpc) is 2.80. The highest BCUT2D eigenvalue weighted by Crippen LogP contribution is 2.31. The molecule has 0 unspecified atom stereocenters. The molecule has 5 nitrogen and oxygen atoms in total. The Morgan fingerprint density at radius 2 is 2.00 bits per heavy atom. The molecule has 1 saturated carbocycles. The van der Waals surface area contributed by atoms with Gasteiger partial charge in [0.1, 0.15) is 4.88 Å². The van der Waals surface area contributed by atoms with Gasteiger partial charge in [0.25, 0.3) is 0 Å². The largest absolute Gasteiger partial charge is 0.465 e. The van der Waals surface area contributed by atoms with E-state index >= 15 is 0 Å². The van der Waals surface area contributed by atoms with Crippen LogP contribution in [0.25, 0.3) is 0 Å². The average molecular weight is 296 g/mol. The Hall–Kier alpha value is -1.40. The molecule has 6 heteroatoms. The van der Waals surface area contributed by atoms with E-state index in [0.29, 0.717) is 23.4 Å². The molecule has 0 aliphatic heterocycles. The zero-order valence-electron chi connectivity index (χ0n) is 11.8. The third kappa shape index (κ3) is 2.86. The molecule has 20 heavy (non-hydrogen) atoms. The van der Waals surface area contributed by atoms with Gasteiger partial charge in [0.2, 0.25) is 5.91 Å². The first-order valence-corrected chi connectivity index (χ1v) is 7.62. The Labute approximate surface area is 122 Å². The summed E-state index contributed by atoms with van der Waals surface area (Å²) >= 11 is 1.27. The molecule has 0 radical (unpaired) electrons. The first-order chi connectivity index (χ1) is 9.48. The van der Waals surface area contributed by atoms with Crippen LogP contribution in [0.3, 0.4) is 0 Å². The third-order valence-corrected chi connectivity index (χ3v) is 4.86. The number of carbonyl (C=O) groups excluding carboxylic acids is 2. The summed E-state index contributed by atoms with van der Waals surface area (Å²) in [7, 11) is 1.33. The number of nitrogens with one attached hydrogen (secondary N) is 1. The van der Waals surface area contributed by atoms with Crippen LogP contribution >= 0.6 is 11.3 Å². The molecule has 3 N–H and O–H groups in total. The summed E-state index contributed by atoms with van der Waals surface area (Å²) in [4.78, 5) is 24.5. The molecule has 2 rings (SSSR count). The lowest BCUT2D eigenvalue weighted by Gasteiger charge is -2.31. The number of hydrogen-bond donors (Lipinski definition) is 2. The summed E-state index contributed by atoms with van der Waals surface area (Å²) in [6.07, 6.45) is 4.44. The molecule has 1 heterocycles. The van der Waals surface area contributed by atoms with Crippen molar-refractivity contribution in [2.75, 3.05) is 12.4 Å². The van der Waals surface area contributed by atoms with Gasteiger partial charge in [-0.1, -0.05) is 19.3 Å². The first kappa shape index (κ1) is 15.0. The van der Waals surface area contributed by atoms with Gasteiger partial charge >= 0.3 is 5.97 Å². The van der Waals surface area contributed by atoms with E-state index in [0.717, 1.165) is 24.8 Å². The SMILES string of the molecule is COC(=O)c1scc(C)c1NC(=O)C1(N)CCCCC1. The second-order valence-corrected chi connectivity index (χ2v) is 6.16. The van der Waals surface area contributed by atoms with Crippen LogP contribution in [0.4, 0.5) is 5.69 Å². The van der Waals surface area contributed by atoms with Crippen molar-refractivity contribution in [3.63, 3.8) is 0 Å². The summed E-state index contributed by atoms with van der Waals surface area (Å²) in [5.41, 5.74) is 6.76. The molecule has 1 aromatic rings. The van der Waals surface area contributed by atoms with Gasteiger partial charge in [-0.15, -0.1) is 11.3 Å². The van der Waals surface area contributed by atoms with E-state index in [9.17, 15) is 9.59 Å². The fraction of sp³-hybridized carbons (Fsp3) is 0.571. The Bertz CT molecular complexity index is 518. The molecule has 0 spiro atoms. The lowest BCUT2D eigenvalue weighted by atomic mass is 9.82. The fourth-order valence-corrected chi connectivity index (χ4v) is 3.41. The Kier molecular flexibility index (Phi) is 4.45. The van der Waals surface area contributed by atoms with Gasteiger partial charge in [0, 0.05) is 0 Å². The molecule has 1 aromatic heterocycles. The summed E-state index contributed by atoms with van der Waals surface area (Å²) in [5.74, 6) is -0.642. The molecular formula is C14H20N2O3S. The number of hydrogen-bond acceptors (Lipinski definition) is 5. The van der Waals surface area contributed by atoms with E-state index in [-0.39, 0.29) is 5.91 Å². The molecule has 0 saturated heterocycles. The molecule has 1 aliphatic carbocycles. The maximum atomic E-state index is 12.4. The number of nitrogens with two attached hydrogens (primary N) is 1. The fourth-order valence-electron chi connectivity index (χ4n) is 2.49. The summed E-state index contributed by atoms with van der Waals surface area (Å²) < 4.78 is 4.73. The zero-order chi connectivity index (χ0) is 14.8. The summed E-state index contributed by atoms with van der Waals surface area (Å²) in [6.45, 7) is 1.85. The van der Waals surface area contributed by atoms with Crippen molar-refractivity contribution in [3.05, 3.63) is 15.8 Å². The molecule has 1 fully saturated rings. The number of carbonyl (C=O) groups is 2. The molecular weight excluding hydrogens is 276 g/mol. The van der Waals surface area contributed by atoms with Crippen LogP contribution in [0.5, 0.6) is 0 Å². The lowest BCUT2D eigenvalue weighted by molar-refractivity contribution is -0.122. The van der Waals surface area contributed by atoms with Crippen LogP contribution in [0.1, 0.15) is 47.3 Å². The Morgan fingerprint density at radius 3 is 2.60 bits per heavy atom. The van der Waals surface area contributed by atoms with E-state index in [4.69, 9.17) is 10.5 Å². The van der Waals surface area contributed by atoms with Crippen LogP contribution in [0.15, 0.2) is 5.38 Å². The molecule has 0 atom stereocenters. The van der Waals surface area contributed by atoms with Crippen molar-refractivity contribution < 1.29 is 14.3 Å². The number of methoxy groups -OCH3 is 1. The van der Waals surface area contributed by atoms with E-state index < -0.39 is 11.5 Å². The smallest absolute Gasteiger partial charge is 0.350 e. The highest BCUT2D eigenvalue weighted by molar-refractivity contribution is 7.12. The minimum atomic E-state index is -0.819. The van der Waals surface area contributed by atoms with Crippen molar-refractivity contribution in [3.8, 4) is 0 Å². The van der Waals surface area contributed by atoms with Crippen LogP contribution in [0.2, 0.25) is 0 Å². The van der Waals surface area contributed by atoms with Crippen molar-refractivity contribution in [1.29, 1.82) is 0 Å². The third-order valence-electron chi connectivity index (χ3n) is 3.78. The Morgan fingerprint density at radius 1 is 1.35 bits per heavy atom. The van der Waals surface area contributed by atoms with Gasteiger partial charge in [-0.3, -0.25) is 4.79 Å². The van der Waals surface area contributed by atoms with Gasteiger partial charge in [0.05, 0.1) is 18.3 Å². The number of amides is 1. The molecule has 110 valence electrons. The zero-order valence-corrected chi connectivity index (χ0v) is 12.6.